The van der Waals surface area contributed by atoms with Crippen LogP contribution in [-0.4, -0.2) is 17.3 Å². The Balaban J connectivity index is 3.50. The summed E-state index contributed by atoms with van der Waals surface area (Å²) in [6.45, 7) is 2.87. The summed E-state index contributed by atoms with van der Waals surface area (Å²) in [7, 11) is 1.32. The van der Waals surface area contributed by atoms with Gasteiger partial charge < -0.3 is 14.9 Å². The van der Waals surface area contributed by atoms with Gasteiger partial charge in [0.2, 0.25) is 0 Å². The number of halogens is 2. The molecule has 84 valence electrons. The molecule has 0 aliphatic heterocycles. The van der Waals surface area contributed by atoms with Crippen molar-refractivity contribution in [2.45, 2.75) is 19.4 Å². The third kappa shape index (κ3) is 2.23. The molecule has 0 amide bonds. The van der Waals surface area contributed by atoms with E-state index in [0.29, 0.717) is 0 Å². The highest BCUT2D eigenvalue weighted by Crippen LogP contribution is 2.42. The summed E-state index contributed by atoms with van der Waals surface area (Å²) in [5.41, 5.74) is -1.38. The number of phenols is 1. The number of ether oxygens (including phenoxy) is 1. The van der Waals surface area contributed by atoms with E-state index in [1.54, 1.807) is 0 Å². The maximum atomic E-state index is 13.6. The van der Waals surface area contributed by atoms with Crippen molar-refractivity contribution in [3.05, 3.63) is 21.9 Å². The van der Waals surface area contributed by atoms with Gasteiger partial charge in [0, 0.05) is 11.6 Å². The molecule has 1 rings (SSSR count). The van der Waals surface area contributed by atoms with Crippen LogP contribution in [-0.2, 0) is 5.60 Å². The van der Waals surface area contributed by atoms with Crippen molar-refractivity contribution in [2.75, 3.05) is 7.11 Å². The van der Waals surface area contributed by atoms with Crippen molar-refractivity contribution in [1.82, 2.24) is 0 Å². The lowest BCUT2D eigenvalue weighted by Gasteiger charge is -2.21. The highest BCUT2D eigenvalue weighted by atomic mass is 79.9. The molecule has 0 spiro atoms. The maximum Gasteiger partial charge on any atom is 0.172 e. The van der Waals surface area contributed by atoms with Gasteiger partial charge >= 0.3 is 0 Å². The molecule has 0 atom stereocenters. The van der Waals surface area contributed by atoms with E-state index in [9.17, 15) is 14.6 Å². The van der Waals surface area contributed by atoms with Crippen LogP contribution < -0.4 is 4.74 Å². The van der Waals surface area contributed by atoms with E-state index in [1.807, 2.05) is 0 Å². The molecule has 2 N–H and O–H groups in total. The molecule has 3 nitrogen and oxygen atoms in total. The number of aliphatic hydroxyl groups is 1. The molecule has 5 heteroatoms. The minimum atomic E-state index is -1.38. The van der Waals surface area contributed by atoms with Gasteiger partial charge in [0.15, 0.2) is 11.5 Å². The zero-order valence-corrected chi connectivity index (χ0v) is 10.2. The minimum Gasteiger partial charge on any atom is -0.503 e. The van der Waals surface area contributed by atoms with Crippen LogP contribution in [0.2, 0.25) is 0 Å². The van der Waals surface area contributed by atoms with Gasteiger partial charge in [-0.2, -0.15) is 0 Å². The summed E-state index contributed by atoms with van der Waals surface area (Å²) in [5, 5.41) is 19.3. The molecule has 0 aliphatic carbocycles. The summed E-state index contributed by atoms with van der Waals surface area (Å²) >= 11 is 3.03. The average molecular weight is 279 g/mol. The molecule has 15 heavy (non-hydrogen) atoms. The Hall–Kier alpha value is -0.810. The second-order valence-corrected chi connectivity index (χ2v) is 4.45. The standard InChI is InChI=1S/C10H12BrFO3/c1-10(2,14)7-5(12)4-6(15-3)9(13)8(7)11/h4,13-14H,1-3H3. The predicted molar refractivity (Wildman–Crippen MR) is 57.6 cm³/mol. The lowest BCUT2D eigenvalue weighted by atomic mass is 9.97. The van der Waals surface area contributed by atoms with Crippen LogP contribution in [0.4, 0.5) is 4.39 Å². The molecule has 0 aliphatic rings. The average Bonchev–Trinajstić information content (AvgIpc) is 2.09. The topological polar surface area (TPSA) is 49.7 Å². The number of methoxy groups -OCH3 is 1. The van der Waals surface area contributed by atoms with Gasteiger partial charge in [-0.15, -0.1) is 0 Å². The maximum absolute atomic E-state index is 13.6. The number of aromatic hydroxyl groups is 1. The number of rotatable bonds is 2. The van der Waals surface area contributed by atoms with Crippen LogP contribution in [0.5, 0.6) is 11.5 Å². The van der Waals surface area contributed by atoms with Crippen LogP contribution in [0.1, 0.15) is 19.4 Å². The van der Waals surface area contributed by atoms with Crippen molar-refractivity contribution in [2.24, 2.45) is 0 Å². The van der Waals surface area contributed by atoms with Crippen molar-refractivity contribution in [1.29, 1.82) is 0 Å². The van der Waals surface area contributed by atoms with Crippen molar-refractivity contribution >= 4 is 15.9 Å². The van der Waals surface area contributed by atoms with Gasteiger partial charge in [0.25, 0.3) is 0 Å². The fourth-order valence-corrected chi connectivity index (χ4v) is 2.17. The Bertz CT molecular complexity index is 385. The number of hydrogen-bond acceptors (Lipinski definition) is 3. The van der Waals surface area contributed by atoms with Crippen molar-refractivity contribution in [3.63, 3.8) is 0 Å². The summed E-state index contributed by atoms with van der Waals surface area (Å²) in [4.78, 5) is 0. The Kier molecular flexibility index (Phi) is 3.25. The Morgan fingerprint density at radius 2 is 2.00 bits per heavy atom. The Morgan fingerprint density at radius 1 is 1.47 bits per heavy atom. The molecule has 0 radical (unpaired) electrons. The van der Waals surface area contributed by atoms with E-state index in [0.717, 1.165) is 6.07 Å². The normalized spacial score (nSPS) is 11.6. The van der Waals surface area contributed by atoms with Crippen LogP contribution in [0.15, 0.2) is 10.5 Å². The van der Waals surface area contributed by atoms with Gasteiger partial charge in [0.1, 0.15) is 5.82 Å². The molecular formula is C10H12BrFO3. The fourth-order valence-electron chi connectivity index (χ4n) is 1.30. The molecule has 1 aromatic carbocycles. The zero-order chi connectivity index (χ0) is 11.8. The quantitative estimate of drug-likeness (QED) is 0.874. The van der Waals surface area contributed by atoms with Crippen molar-refractivity contribution in [3.8, 4) is 11.5 Å². The van der Waals surface area contributed by atoms with Crippen LogP contribution >= 0.6 is 15.9 Å². The van der Waals surface area contributed by atoms with Crippen LogP contribution in [0, 0.1) is 5.82 Å². The molecular weight excluding hydrogens is 267 g/mol. The number of phenolic OH excluding ortho intramolecular Hbond substituents is 1. The molecule has 0 unspecified atom stereocenters. The second-order valence-electron chi connectivity index (χ2n) is 3.66. The Morgan fingerprint density at radius 3 is 2.40 bits per heavy atom. The fraction of sp³-hybridized carbons (Fsp3) is 0.400. The van der Waals surface area contributed by atoms with Gasteiger partial charge in [-0.1, -0.05) is 0 Å². The zero-order valence-electron chi connectivity index (χ0n) is 8.64. The van der Waals surface area contributed by atoms with Crippen LogP contribution in [0.3, 0.4) is 0 Å². The molecule has 0 aromatic heterocycles. The summed E-state index contributed by atoms with van der Waals surface area (Å²) in [5.74, 6) is -0.840. The lowest BCUT2D eigenvalue weighted by Crippen LogP contribution is -2.18. The molecule has 0 fully saturated rings. The summed E-state index contributed by atoms with van der Waals surface area (Å²) < 4.78 is 18.5. The first kappa shape index (κ1) is 12.3. The molecule has 0 bridgehead atoms. The summed E-state index contributed by atoms with van der Waals surface area (Å²) in [6, 6.07) is 1.04. The van der Waals surface area contributed by atoms with Gasteiger partial charge in [-0.05, 0) is 29.8 Å². The highest BCUT2D eigenvalue weighted by Gasteiger charge is 2.27. The molecule has 0 heterocycles. The largest absolute Gasteiger partial charge is 0.503 e. The van der Waals surface area contributed by atoms with E-state index in [-0.39, 0.29) is 21.5 Å². The Labute approximate surface area is 95.6 Å². The van der Waals surface area contributed by atoms with E-state index in [4.69, 9.17) is 4.74 Å². The first-order valence-electron chi connectivity index (χ1n) is 4.26. The van der Waals surface area contributed by atoms with E-state index < -0.39 is 11.4 Å². The first-order valence-corrected chi connectivity index (χ1v) is 5.06. The van der Waals surface area contributed by atoms with Gasteiger partial charge in [-0.25, -0.2) is 4.39 Å². The van der Waals surface area contributed by atoms with Crippen LogP contribution in [0.25, 0.3) is 0 Å². The van der Waals surface area contributed by atoms with Crippen molar-refractivity contribution < 1.29 is 19.3 Å². The first-order chi connectivity index (χ1) is 6.79. The predicted octanol–water partition coefficient (Wildman–Crippen LogP) is 2.53. The second kappa shape index (κ2) is 3.98. The van der Waals surface area contributed by atoms with E-state index in [2.05, 4.69) is 15.9 Å². The van der Waals surface area contributed by atoms with Gasteiger partial charge in [-0.3, -0.25) is 0 Å². The van der Waals surface area contributed by atoms with E-state index >= 15 is 0 Å². The van der Waals surface area contributed by atoms with Gasteiger partial charge in [0.05, 0.1) is 17.2 Å². The lowest BCUT2D eigenvalue weighted by molar-refractivity contribution is 0.0732. The third-order valence-corrected chi connectivity index (χ3v) is 2.76. The number of benzene rings is 1. The summed E-state index contributed by atoms with van der Waals surface area (Å²) in [6.07, 6.45) is 0. The monoisotopic (exact) mass is 278 g/mol. The molecule has 1 aromatic rings. The number of hydrogen-bond donors (Lipinski definition) is 2. The third-order valence-electron chi connectivity index (χ3n) is 1.99. The molecule has 0 saturated carbocycles. The van der Waals surface area contributed by atoms with E-state index in [1.165, 1.54) is 21.0 Å². The highest BCUT2D eigenvalue weighted by molar-refractivity contribution is 9.10. The minimum absolute atomic E-state index is 0.000741. The SMILES string of the molecule is COc1cc(F)c(C(C)(C)O)c(Br)c1O. The molecule has 0 saturated heterocycles. The smallest absolute Gasteiger partial charge is 0.172 e.